The van der Waals surface area contributed by atoms with Gasteiger partial charge in [0.05, 0.1) is 21.8 Å². The van der Waals surface area contributed by atoms with Crippen LogP contribution in [0.2, 0.25) is 0 Å². The van der Waals surface area contributed by atoms with Gasteiger partial charge in [-0.1, -0.05) is 42.5 Å². The number of hydroxylamine groups is 1. The van der Waals surface area contributed by atoms with Crippen molar-refractivity contribution in [2.24, 2.45) is 0 Å². The van der Waals surface area contributed by atoms with Crippen LogP contribution >= 0.6 is 11.3 Å². The molecule has 0 unspecified atom stereocenters. The van der Waals surface area contributed by atoms with Crippen LogP contribution < -0.4 is 5.48 Å². The third-order valence-corrected chi connectivity index (χ3v) is 4.27. The summed E-state index contributed by atoms with van der Waals surface area (Å²) in [6, 6.07) is 17.7. The summed E-state index contributed by atoms with van der Waals surface area (Å²) in [5.74, 6) is -0.129. The van der Waals surface area contributed by atoms with Gasteiger partial charge in [-0.15, -0.1) is 11.3 Å². The van der Waals surface area contributed by atoms with Gasteiger partial charge in [0, 0.05) is 12.8 Å². The fraction of sp³-hybridized carbons (Fsp3) is 0.176. The van der Waals surface area contributed by atoms with Crippen LogP contribution in [0, 0.1) is 0 Å². The van der Waals surface area contributed by atoms with E-state index in [1.165, 1.54) is 0 Å². The van der Waals surface area contributed by atoms with Crippen molar-refractivity contribution in [2.75, 3.05) is 0 Å². The zero-order valence-electron chi connectivity index (χ0n) is 12.0. The summed E-state index contributed by atoms with van der Waals surface area (Å²) in [7, 11) is 0. The minimum absolute atomic E-state index is 0.129. The van der Waals surface area contributed by atoms with Crippen LogP contribution in [0.15, 0.2) is 54.6 Å². The molecule has 1 heterocycles. The van der Waals surface area contributed by atoms with Crippen LogP contribution in [0.4, 0.5) is 0 Å². The van der Waals surface area contributed by atoms with Crippen molar-refractivity contribution in [1.82, 2.24) is 10.5 Å². The summed E-state index contributed by atoms with van der Waals surface area (Å²) in [6.07, 6.45) is 0.995. The molecule has 0 saturated carbocycles. The molecule has 2 aromatic carbocycles. The number of thiazole rings is 1. The van der Waals surface area contributed by atoms with Crippen LogP contribution in [0.1, 0.15) is 17.0 Å². The number of nitrogens with zero attached hydrogens (tertiary/aromatic N) is 1. The van der Waals surface area contributed by atoms with E-state index in [1.807, 2.05) is 54.6 Å². The maximum atomic E-state index is 11.8. The molecule has 0 atom stereocenters. The lowest BCUT2D eigenvalue weighted by molar-refractivity contribution is -0.134. The molecule has 1 amide bonds. The number of fused-ring (bicyclic) bond motifs is 1. The zero-order valence-corrected chi connectivity index (χ0v) is 12.8. The predicted molar refractivity (Wildman–Crippen MR) is 87.3 cm³/mol. The number of rotatable bonds is 6. The molecule has 0 aliphatic carbocycles. The summed E-state index contributed by atoms with van der Waals surface area (Å²) in [6.45, 7) is 0.369. The summed E-state index contributed by atoms with van der Waals surface area (Å²) >= 11 is 1.63. The van der Waals surface area contributed by atoms with Gasteiger partial charge in [-0.25, -0.2) is 10.5 Å². The molecular formula is C17H16N2O2S. The van der Waals surface area contributed by atoms with Gasteiger partial charge < -0.3 is 0 Å². The largest absolute Gasteiger partial charge is 0.273 e. The van der Waals surface area contributed by atoms with Gasteiger partial charge in [0.15, 0.2) is 0 Å². The highest BCUT2D eigenvalue weighted by Gasteiger charge is 2.07. The Kier molecular flexibility index (Phi) is 4.78. The number of para-hydroxylation sites is 1. The summed E-state index contributed by atoms with van der Waals surface area (Å²) in [5, 5.41) is 0.972. The minimum atomic E-state index is -0.129. The standard InChI is InChI=1S/C17H16N2O2S/c20-16(19-21-12-13-6-2-1-3-7-13)10-11-17-18-14-8-4-5-9-15(14)22-17/h1-9H,10-12H2,(H,19,20). The topological polar surface area (TPSA) is 51.2 Å². The third kappa shape index (κ3) is 3.90. The second-order valence-corrected chi connectivity index (χ2v) is 5.99. The average Bonchev–Trinajstić information content (AvgIpc) is 2.97. The molecule has 3 rings (SSSR count). The smallest absolute Gasteiger partial charge is 0.243 e. The Labute approximate surface area is 132 Å². The van der Waals surface area contributed by atoms with E-state index in [1.54, 1.807) is 11.3 Å². The van der Waals surface area contributed by atoms with Gasteiger partial charge in [0.1, 0.15) is 0 Å². The van der Waals surface area contributed by atoms with Crippen LogP contribution in [-0.4, -0.2) is 10.9 Å². The number of aromatic nitrogens is 1. The van der Waals surface area contributed by atoms with E-state index in [9.17, 15) is 4.79 Å². The fourth-order valence-corrected chi connectivity index (χ4v) is 3.04. The van der Waals surface area contributed by atoms with Gasteiger partial charge in [0.25, 0.3) is 0 Å². The number of amides is 1. The van der Waals surface area contributed by atoms with Gasteiger partial charge in [0.2, 0.25) is 5.91 Å². The Hall–Kier alpha value is -2.24. The van der Waals surface area contributed by atoms with Crippen LogP contribution in [0.25, 0.3) is 10.2 Å². The molecule has 0 aliphatic rings. The lowest BCUT2D eigenvalue weighted by Crippen LogP contribution is -2.23. The number of hydrogen-bond donors (Lipinski definition) is 1. The SMILES string of the molecule is O=C(CCc1nc2ccccc2s1)NOCc1ccccc1. The molecule has 0 spiro atoms. The maximum absolute atomic E-state index is 11.8. The molecule has 0 fully saturated rings. The van der Waals surface area contributed by atoms with Crippen molar-refractivity contribution in [1.29, 1.82) is 0 Å². The number of hydrogen-bond acceptors (Lipinski definition) is 4. The monoisotopic (exact) mass is 312 g/mol. The second-order valence-electron chi connectivity index (χ2n) is 4.87. The van der Waals surface area contributed by atoms with E-state index in [0.717, 1.165) is 20.8 Å². The number of nitrogens with one attached hydrogen (secondary N) is 1. The molecule has 22 heavy (non-hydrogen) atoms. The highest BCUT2D eigenvalue weighted by Crippen LogP contribution is 2.22. The highest BCUT2D eigenvalue weighted by molar-refractivity contribution is 7.18. The Morgan fingerprint density at radius 2 is 1.86 bits per heavy atom. The lowest BCUT2D eigenvalue weighted by Gasteiger charge is -2.05. The molecular weight excluding hydrogens is 296 g/mol. The number of carbonyl (C=O) groups excluding carboxylic acids is 1. The zero-order chi connectivity index (χ0) is 15.2. The minimum Gasteiger partial charge on any atom is -0.273 e. The number of benzene rings is 2. The molecule has 3 aromatic rings. The highest BCUT2D eigenvalue weighted by atomic mass is 32.1. The molecule has 0 radical (unpaired) electrons. The molecule has 112 valence electrons. The average molecular weight is 312 g/mol. The van der Waals surface area contributed by atoms with E-state index in [2.05, 4.69) is 10.5 Å². The molecule has 5 heteroatoms. The van der Waals surface area contributed by atoms with E-state index < -0.39 is 0 Å². The Bertz CT molecular complexity index is 722. The first-order valence-electron chi connectivity index (χ1n) is 7.10. The molecule has 0 bridgehead atoms. The quantitative estimate of drug-likeness (QED) is 0.709. The Balaban J connectivity index is 1.44. The third-order valence-electron chi connectivity index (χ3n) is 3.17. The van der Waals surface area contributed by atoms with E-state index in [4.69, 9.17) is 4.84 Å². The van der Waals surface area contributed by atoms with Crippen molar-refractivity contribution in [3.8, 4) is 0 Å². The first-order valence-corrected chi connectivity index (χ1v) is 7.92. The van der Waals surface area contributed by atoms with Crippen molar-refractivity contribution in [2.45, 2.75) is 19.4 Å². The van der Waals surface area contributed by atoms with Gasteiger partial charge in [-0.05, 0) is 17.7 Å². The second kappa shape index (κ2) is 7.15. The summed E-state index contributed by atoms with van der Waals surface area (Å²) in [5.41, 5.74) is 4.48. The van der Waals surface area contributed by atoms with Gasteiger partial charge in [-0.3, -0.25) is 9.63 Å². The first-order chi connectivity index (χ1) is 10.8. The summed E-state index contributed by atoms with van der Waals surface area (Å²) < 4.78 is 1.15. The molecule has 0 aliphatic heterocycles. The van der Waals surface area contributed by atoms with E-state index >= 15 is 0 Å². The van der Waals surface area contributed by atoms with Crippen molar-refractivity contribution < 1.29 is 9.63 Å². The molecule has 4 nitrogen and oxygen atoms in total. The summed E-state index contributed by atoms with van der Waals surface area (Å²) in [4.78, 5) is 21.5. The lowest BCUT2D eigenvalue weighted by atomic mass is 10.2. The van der Waals surface area contributed by atoms with Gasteiger partial charge in [-0.2, -0.15) is 0 Å². The molecule has 1 aromatic heterocycles. The predicted octanol–water partition coefficient (Wildman–Crippen LogP) is 3.48. The van der Waals surface area contributed by atoms with Crippen molar-refractivity contribution in [3.05, 3.63) is 65.2 Å². The maximum Gasteiger partial charge on any atom is 0.243 e. The van der Waals surface area contributed by atoms with Gasteiger partial charge >= 0.3 is 0 Å². The molecule has 1 N–H and O–H groups in total. The van der Waals surface area contributed by atoms with E-state index in [0.29, 0.717) is 19.4 Å². The Morgan fingerprint density at radius 1 is 1.09 bits per heavy atom. The van der Waals surface area contributed by atoms with Crippen LogP contribution in [0.3, 0.4) is 0 Å². The van der Waals surface area contributed by atoms with Crippen LogP contribution in [0.5, 0.6) is 0 Å². The van der Waals surface area contributed by atoms with E-state index in [-0.39, 0.29) is 5.91 Å². The number of aryl methyl sites for hydroxylation is 1. The Morgan fingerprint density at radius 3 is 2.68 bits per heavy atom. The normalized spacial score (nSPS) is 10.7. The molecule has 0 saturated heterocycles. The van der Waals surface area contributed by atoms with Crippen molar-refractivity contribution >= 4 is 27.5 Å². The number of carbonyl (C=O) groups is 1. The van der Waals surface area contributed by atoms with Crippen molar-refractivity contribution in [3.63, 3.8) is 0 Å². The first kappa shape index (κ1) is 14.7. The fourth-order valence-electron chi connectivity index (χ4n) is 2.07. The van der Waals surface area contributed by atoms with Crippen LogP contribution in [-0.2, 0) is 22.7 Å².